The van der Waals surface area contributed by atoms with Gasteiger partial charge in [0, 0.05) is 19.8 Å². The van der Waals surface area contributed by atoms with Crippen molar-refractivity contribution in [3.05, 3.63) is 29.8 Å². The smallest absolute Gasteiger partial charge is 0.341 e. The fourth-order valence-electron chi connectivity index (χ4n) is 1.68. The summed E-state index contributed by atoms with van der Waals surface area (Å²) in [6.07, 6.45) is 1.03. The first-order valence-corrected chi connectivity index (χ1v) is 8.44. The van der Waals surface area contributed by atoms with Crippen molar-refractivity contribution in [3.8, 4) is 5.75 Å². The fourth-order valence-corrected chi connectivity index (χ4v) is 2.23. The van der Waals surface area contributed by atoms with Crippen LogP contribution in [0.4, 0.5) is 0 Å². The van der Waals surface area contributed by atoms with Gasteiger partial charge in [-0.15, -0.1) is 0 Å². The van der Waals surface area contributed by atoms with Crippen LogP contribution in [0, 0.1) is 0 Å². The lowest BCUT2D eigenvalue weighted by Crippen LogP contribution is -2.38. The zero-order valence-corrected chi connectivity index (χ0v) is 13.5. The lowest BCUT2D eigenvalue weighted by molar-refractivity contribution is -0.139. The van der Waals surface area contributed by atoms with Crippen molar-refractivity contribution in [1.29, 1.82) is 0 Å². The molecule has 1 atom stereocenters. The van der Waals surface area contributed by atoms with Crippen molar-refractivity contribution in [1.82, 2.24) is 4.90 Å². The number of benzene rings is 1. The van der Waals surface area contributed by atoms with Gasteiger partial charge in [-0.3, -0.25) is 4.79 Å². The third kappa shape index (κ3) is 5.36. The molecule has 0 aliphatic heterocycles. The molecule has 0 aromatic heterocycles. The number of carbonyl (C=O) groups is 2. The summed E-state index contributed by atoms with van der Waals surface area (Å²) in [5.74, 6) is -1.14. The van der Waals surface area contributed by atoms with E-state index >= 15 is 0 Å². The summed E-state index contributed by atoms with van der Waals surface area (Å²) < 4.78 is 27.8. The van der Waals surface area contributed by atoms with Crippen LogP contribution in [0.2, 0.25) is 0 Å². The van der Waals surface area contributed by atoms with Crippen LogP contribution in [0.25, 0.3) is 0 Å². The molecule has 22 heavy (non-hydrogen) atoms. The molecule has 1 N–H and O–H groups in total. The van der Waals surface area contributed by atoms with Crippen molar-refractivity contribution < 1.29 is 27.9 Å². The van der Waals surface area contributed by atoms with Gasteiger partial charge < -0.3 is 14.7 Å². The van der Waals surface area contributed by atoms with Gasteiger partial charge in [-0.2, -0.15) is 0 Å². The highest BCUT2D eigenvalue weighted by Gasteiger charge is 2.26. The number of amides is 1. The third-order valence-corrected chi connectivity index (χ3v) is 4.56. The van der Waals surface area contributed by atoms with Gasteiger partial charge in [-0.25, -0.2) is 13.2 Å². The highest BCUT2D eigenvalue weighted by molar-refractivity contribution is 7.92. The number of sulfone groups is 1. The molecule has 1 aromatic carbocycles. The maximum atomic E-state index is 12.0. The second-order valence-corrected chi connectivity index (χ2v) is 7.36. The second-order valence-electron chi connectivity index (χ2n) is 4.99. The highest BCUT2D eigenvalue weighted by Crippen LogP contribution is 2.14. The molecule has 0 saturated carbocycles. The Morgan fingerprint density at radius 3 is 2.27 bits per heavy atom. The Kier molecular flexibility index (Phi) is 5.92. The average Bonchev–Trinajstić information content (AvgIpc) is 2.43. The maximum absolute atomic E-state index is 12.0. The molecule has 0 aliphatic rings. The van der Waals surface area contributed by atoms with Crippen LogP contribution in [0.15, 0.2) is 24.3 Å². The summed E-state index contributed by atoms with van der Waals surface area (Å²) in [6, 6.07) is 6.56. The van der Waals surface area contributed by atoms with Gasteiger partial charge in [0.15, 0.2) is 16.4 Å². The van der Waals surface area contributed by atoms with E-state index in [2.05, 4.69) is 0 Å². The van der Waals surface area contributed by atoms with E-state index in [1.165, 1.54) is 18.9 Å². The van der Waals surface area contributed by atoms with Crippen molar-refractivity contribution in [2.75, 3.05) is 19.9 Å². The molecular formula is C14H19NO6S. The Hall–Kier alpha value is -2.09. The summed E-state index contributed by atoms with van der Waals surface area (Å²) in [5.41, 5.74) is 0.777. The van der Waals surface area contributed by atoms with Crippen LogP contribution < -0.4 is 4.74 Å². The Morgan fingerprint density at radius 1 is 1.27 bits per heavy atom. The monoisotopic (exact) mass is 329 g/mol. The molecule has 8 heteroatoms. The normalized spacial score (nSPS) is 12.5. The van der Waals surface area contributed by atoms with Gasteiger partial charge in [0.05, 0.1) is 0 Å². The van der Waals surface area contributed by atoms with Crippen molar-refractivity contribution in [3.63, 3.8) is 0 Å². The molecule has 0 bridgehead atoms. The number of carboxylic acid groups (broad SMARTS) is 1. The average molecular weight is 329 g/mol. The van der Waals surface area contributed by atoms with Gasteiger partial charge in [-0.05, 0) is 24.6 Å². The van der Waals surface area contributed by atoms with E-state index < -0.39 is 33.6 Å². The summed E-state index contributed by atoms with van der Waals surface area (Å²) >= 11 is 0. The number of carboxylic acids is 1. The third-order valence-electron chi connectivity index (χ3n) is 3.07. The van der Waals surface area contributed by atoms with Gasteiger partial charge >= 0.3 is 5.97 Å². The van der Waals surface area contributed by atoms with Crippen LogP contribution in [-0.4, -0.2) is 55.5 Å². The van der Waals surface area contributed by atoms with Gasteiger partial charge in [-0.1, -0.05) is 12.1 Å². The molecule has 1 unspecified atom stereocenters. The topological polar surface area (TPSA) is 101 Å². The van der Waals surface area contributed by atoms with Crippen LogP contribution in [-0.2, 0) is 26.0 Å². The Morgan fingerprint density at radius 2 is 1.82 bits per heavy atom. The minimum absolute atomic E-state index is 0.248. The molecule has 1 amide bonds. The lowest BCUT2D eigenvalue weighted by Gasteiger charge is -2.20. The highest BCUT2D eigenvalue weighted by atomic mass is 32.2. The SMILES string of the molecule is CC(C(=O)N(C)Cc1ccc(OCC(=O)O)cc1)S(C)(=O)=O. The molecule has 0 aliphatic carbocycles. The molecule has 7 nitrogen and oxygen atoms in total. The molecule has 1 rings (SSSR count). The van der Waals surface area contributed by atoms with E-state index in [0.717, 1.165) is 11.8 Å². The zero-order chi connectivity index (χ0) is 16.9. The fraction of sp³-hybridized carbons (Fsp3) is 0.429. The van der Waals surface area contributed by atoms with E-state index in [1.807, 2.05) is 0 Å². The van der Waals surface area contributed by atoms with Gasteiger partial charge in [0.25, 0.3) is 0 Å². The van der Waals surface area contributed by atoms with Crippen molar-refractivity contribution >= 4 is 21.7 Å². The molecule has 1 aromatic rings. The Bertz CT molecular complexity index is 638. The van der Waals surface area contributed by atoms with E-state index in [9.17, 15) is 18.0 Å². The Labute approximate surface area is 129 Å². The molecule has 0 radical (unpaired) electrons. The number of nitrogens with zero attached hydrogens (tertiary/aromatic N) is 1. The molecule has 0 heterocycles. The Balaban J connectivity index is 2.67. The van der Waals surface area contributed by atoms with E-state index in [-0.39, 0.29) is 6.54 Å². The number of ether oxygens (including phenoxy) is 1. The van der Waals surface area contributed by atoms with E-state index in [1.54, 1.807) is 24.3 Å². The van der Waals surface area contributed by atoms with Crippen LogP contribution >= 0.6 is 0 Å². The molecular weight excluding hydrogens is 310 g/mol. The predicted octanol–water partition coefficient (Wildman–Crippen LogP) is 0.541. The quantitative estimate of drug-likeness (QED) is 0.783. The molecule has 0 saturated heterocycles. The predicted molar refractivity (Wildman–Crippen MR) is 80.4 cm³/mol. The zero-order valence-electron chi connectivity index (χ0n) is 12.6. The minimum Gasteiger partial charge on any atom is -0.482 e. The number of hydrogen-bond donors (Lipinski definition) is 1. The first kappa shape index (κ1) is 18.0. The summed E-state index contributed by atoms with van der Waals surface area (Å²) in [6.45, 7) is 1.18. The number of hydrogen-bond acceptors (Lipinski definition) is 5. The molecule has 122 valence electrons. The van der Waals surface area contributed by atoms with E-state index in [0.29, 0.717) is 5.75 Å². The first-order valence-electron chi connectivity index (χ1n) is 6.48. The number of aliphatic carboxylic acids is 1. The molecule has 0 spiro atoms. The minimum atomic E-state index is -3.43. The van der Waals surface area contributed by atoms with Crippen LogP contribution in [0.5, 0.6) is 5.75 Å². The summed E-state index contributed by atoms with van der Waals surface area (Å²) in [7, 11) is -1.90. The van der Waals surface area contributed by atoms with Crippen LogP contribution in [0.3, 0.4) is 0 Å². The standard InChI is InChI=1S/C14H19NO6S/c1-10(22(3,19)20)14(18)15(2)8-11-4-6-12(7-5-11)21-9-13(16)17/h4-7,10H,8-9H2,1-3H3,(H,16,17). The van der Waals surface area contributed by atoms with E-state index in [4.69, 9.17) is 9.84 Å². The molecule has 0 fully saturated rings. The second kappa shape index (κ2) is 7.26. The van der Waals surface area contributed by atoms with Crippen molar-refractivity contribution in [2.45, 2.75) is 18.7 Å². The van der Waals surface area contributed by atoms with Gasteiger partial charge in [0.2, 0.25) is 5.91 Å². The van der Waals surface area contributed by atoms with Crippen molar-refractivity contribution in [2.24, 2.45) is 0 Å². The maximum Gasteiger partial charge on any atom is 0.341 e. The number of carbonyl (C=O) groups excluding carboxylic acids is 1. The summed E-state index contributed by atoms with van der Waals surface area (Å²) in [5, 5.41) is 7.42. The van der Waals surface area contributed by atoms with Gasteiger partial charge in [0.1, 0.15) is 11.0 Å². The first-order chi connectivity index (χ1) is 10.1. The summed E-state index contributed by atoms with van der Waals surface area (Å²) in [4.78, 5) is 23.7. The lowest BCUT2D eigenvalue weighted by atomic mass is 10.2. The van der Waals surface area contributed by atoms with Crippen LogP contribution in [0.1, 0.15) is 12.5 Å². The largest absolute Gasteiger partial charge is 0.482 e. The number of rotatable bonds is 7.